The molecule has 0 aliphatic carbocycles. The average molecular weight is 239 g/mol. The fraction of sp³-hybridized carbons (Fsp3) is 0.182. The van der Waals surface area contributed by atoms with Crippen LogP contribution in [-0.4, -0.2) is 14.3 Å². The van der Waals surface area contributed by atoms with Gasteiger partial charge in [0.25, 0.3) is 0 Å². The van der Waals surface area contributed by atoms with Crippen molar-refractivity contribution in [2.75, 3.05) is 0 Å². The van der Waals surface area contributed by atoms with Crippen LogP contribution in [0.4, 0.5) is 0 Å². The minimum Gasteiger partial charge on any atom is -0.332 e. The quantitative estimate of drug-likeness (QED) is 0.866. The van der Waals surface area contributed by atoms with Gasteiger partial charge in [-0.3, -0.25) is 4.79 Å². The number of carbonyl (C=O) groups excluding carboxylic acids is 1. The smallest absolute Gasteiger partial charge is 0.220 e. The Hall–Kier alpha value is -1.62. The summed E-state index contributed by atoms with van der Waals surface area (Å²) in [6.07, 6.45) is 1.12. The largest absolute Gasteiger partial charge is 0.332 e. The van der Waals surface area contributed by atoms with Crippen molar-refractivity contribution in [3.63, 3.8) is 0 Å². The van der Waals surface area contributed by atoms with Crippen LogP contribution < -0.4 is 5.32 Å². The van der Waals surface area contributed by atoms with Gasteiger partial charge in [-0.25, -0.2) is 8.42 Å². The van der Waals surface area contributed by atoms with Crippen LogP contribution in [0.25, 0.3) is 0 Å². The van der Waals surface area contributed by atoms with Crippen LogP contribution >= 0.6 is 0 Å². The molecule has 0 heterocycles. The van der Waals surface area contributed by atoms with Gasteiger partial charge in [-0.15, -0.1) is 0 Å². The molecule has 0 aliphatic heterocycles. The van der Waals surface area contributed by atoms with Gasteiger partial charge in [0.2, 0.25) is 15.7 Å². The maximum absolute atomic E-state index is 11.7. The van der Waals surface area contributed by atoms with E-state index in [1.807, 2.05) is 6.92 Å². The van der Waals surface area contributed by atoms with Gasteiger partial charge in [0.15, 0.2) is 0 Å². The van der Waals surface area contributed by atoms with Crippen molar-refractivity contribution in [3.05, 3.63) is 41.4 Å². The maximum atomic E-state index is 11.7. The number of nitrogens with one attached hydrogen (secondary N) is 1. The lowest BCUT2D eigenvalue weighted by molar-refractivity contribution is -0.118. The predicted octanol–water partition coefficient (Wildman–Crippen LogP) is 1.38. The molecule has 1 N–H and O–H groups in total. The molecule has 1 aromatic carbocycles. The Balaban J connectivity index is 2.90. The summed E-state index contributed by atoms with van der Waals surface area (Å²) in [6.45, 7) is 3.19. The van der Waals surface area contributed by atoms with Crippen molar-refractivity contribution >= 4 is 15.7 Å². The van der Waals surface area contributed by atoms with Crippen LogP contribution in [0.3, 0.4) is 0 Å². The molecule has 0 radical (unpaired) electrons. The first-order chi connectivity index (χ1) is 7.42. The molecule has 1 amide bonds. The monoisotopic (exact) mass is 239 g/mol. The number of amides is 1. The van der Waals surface area contributed by atoms with E-state index in [2.05, 4.69) is 5.32 Å². The third-order valence-electron chi connectivity index (χ3n) is 1.88. The van der Waals surface area contributed by atoms with Gasteiger partial charge in [0, 0.05) is 13.1 Å². The second-order valence-electron chi connectivity index (χ2n) is 3.36. The van der Waals surface area contributed by atoms with Crippen LogP contribution in [0.15, 0.2) is 40.8 Å². The van der Waals surface area contributed by atoms with E-state index in [4.69, 9.17) is 0 Å². The number of hydrogen-bond acceptors (Lipinski definition) is 3. The molecule has 0 bridgehead atoms. The zero-order valence-corrected chi connectivity index (χ0v) is 9.91. The average Bonchev–Trinajstić information content (AvgIpc) is 2.17. The Morgan fingerprint density at radius 3 is 2.31 bits per heavy atom. The Kier molecular flexibility index (Phi) is 3.84. The Labute approximate surface area is 94.9 Å². The van der Waals surface area contributed by atoms with Gasteiger partial charge in [-0.2, -0.15) is 0 Å². The van der Waals surface area contributed by atoms with Gasteiger partial charge >= 0.3 is 0 Å². The highest BCUT2D eigenvalue weighted by Gasteiger charge is 2.09. The van der Waals surface area contributed by atoms with E-state index in [1.54, 1.807) is 12.1 Å². The van der Waals surface area contributed by atoms with Crippen molar-refractivity contribution < 1.29 is 13.2 Å². The third kappa shape index (κ3) is 3.51. The first-order valence-corrected chi connectivity index (χ1v) is 6.22. The normalized spacial score (nSPS) is 11.6. The number of hydrogen-bond donors (Lipinski definition) is 1. The third-order valence-corrected chi connectivity index (χ3v) is 3.31. The molecular formula is C11H13NO3S. The lowest BCUT2D eigenvalue weighted by Crippen LogP contribution is -2.12. The summed E-state index contributed by atoms with van der Waals surface area (Å²) >= 11 is 0. The second kappa shape index (κ2) is 4.94. The van der Waals surface area contributed by atoms with Crippen molar-refractivity contribution in [2.24, 2.45) is 0 Å². The molecule has 5 heteroatoms. The summed E-state index contributed by atoms with van der Waals surface area (Å²) in [5.74, 6) is -0.310. The molecular weight excluding hydrogens is 226 g/mol. The van der Waals surface area contributed by atoms with Crippen molar-refractivity contribution in [1.29, 1.82) is 0 Å². The van der Waals surface area contributed by atoms with E-state index >= 15 is 0 Å². The van der Waals surface area contributed by atoms with E-state index in [-0.39, 0.29) is 10.8 Å². The molecule has 4 nitrogen and oxygen atoms in total. The van der Waals surface area contributed by atoms with Crippen LogP contribution in [0.1, 0.15) is 12.5 Å². The van der Waals surface area contributed by atoms with E-state index in [0.717, 1.165) is 17.2 Å². The lowest BCUT2D eigenvalue weighted by atomic mass is 10.2. The summed E-state index contributed by atoms with van der Waals surface area (Å²) in [4.78, 5) is 10.8. The molecule has 0 saturated heterocycles. The van der Waals surface area contributed by atoms with Crippen LogP contribution in [0.5, 0.6) is 0 Å². The van der Waals surface area contributed by atoms with Crippen LogP contribution in [0, 0.1) is 6.92 Å². The van der Waals surface area contributed by atoms with E-state index < -0.39 is 9.84 Å². The predicted molar refractivity (Wildman–Crippen MR) is 61.3 cm³/mol. The number of carbonyl (C=O) groups is 1. The van der Waals surface area contributed by atoms with Crippen molar-refractivity contribution in [3.8, 4) is 0 Å². The Morgan fingerprint density at radius 1 is 1.25 bits per heavy atom. The number of rotatable bonds is 3. The van der Waals surface area contributed by atoms with Crippen LogP contribution in [0.2, 0.25) is 0 Å². The topological polar surface area (TPSA) is 63.2 Å². The van der Waals surface area contributed by atoms with E-state index in [0.29, 0.717) is 0 Å². The molecule has 0 unspecified atom stereocenters. The van der Waals surface area contributed by atoms with Crippen molar-refractivity contribution in [1.82, 2.24) is 5.32 Å². The minimum absolute atomic E-state index is 0.208. The molecule has 0 spiro atoms. The Bertz CT molecular complexity index is 501. The molecule has 16 heavy (non-hydrogen) atoms. The maximum Gasteiger partial charge on any atom is 0.220 e. The number of sulfone groups is 1. The first-order valence-electron chi connectivity index (χ1n) is 4.67. The molecule has 0 aliphatic rings. The highest BCUT2D eigenvalue weighted by Crippen LogP contribution is 2.12. The number of aryl methyl sites for hydroxylation is 1. The fourth-order valence-electron chi connectivity index (χ4n) is 1.05. The van der Waals surface area contributed by atoms with Gasteiger partial charge in [0.1, 0.15) is 0 Å². The van der Waals surface area contributed by atoms with Crippen LogP contribution in [-0.2, 0) is 14.6 Å². The summed E-state index contributed by atoms with van der Waals surface area (Å²) in [7, 11) is -3.47. The van der Waals surface area contributed by atoms with Gasteiger partial charge < -0.3 is 5.32 Å². The number of benzene rings is 1. The second-order valence-corrected chi connectivity index (χ2v) is 5.19. The molecule has 86 valence electrons. The van der Waals surface area contributed by atoms with E-state index in [9.17, 15) is 13.2 Å². The zero-order valence-electron chi connectivity index (χ0n) is 9.10. The minimum atomic E-state index is -3.47. The summed E-state index contributed by atoms with van der Waals surface area (Å²) < 4.78 is 23.4. The van der Waals surface area contributed by atoms with Crippen molar-refractivity contribution in [2.45, 2.75) is 18.7 Å². The van der Waals surface area contributed by atoms with E-state index in [1.165, 1.54) is 19.1 Å². The zero-order chi connectivity index (χ0) is 12.2. The highest BCUT2D eigenvalue weighted by atomic mass is 32.2. The standard InChI is InChI=1S/C11H13NO3S/c1-9-3-5-11(6-4-9)16(14,15)8-7-12-10(2)13/h3-8H,1-2H3,(H,12,13)/b8-7-. The summed E-state index contributed by atoms with van der Waals surface area (Å²) in [5, 5.41) is 3.26. The molecule has 0 saturated carbocycles. The van der Waals surface area contributed by atoms with Gasteiger partial charge in [-0.05, 0) is 19.1 Å². The molecule has 1 rings (SSSR count). The fourth-order valence-corrected chi connectivity index (χ4v) is 1.97. The summed E-state index contributed by atoms with van der Waals surface area (Å²) in [6, 6.07) is 6.50. The molecule has 0 aromatic heterocycles. The lowest BCUT2D eigenvalue weighted by Gasteiger charge is -1.99. The molecule has 0 atom stereocenters. The Morgan fingerprint density at radius 2 is 1.81 bits per heavy atom. The van der Waals surface area contributed by atoms with Gasteiger partial charge in [0.05, 0.1) is 10.3 Å². The first kappa shape index (κ1) is 12.4. The summed E-state index contributed by atoms with van der Waals surface area (Å²) in [5.41, 5.74) is 0.991. The molecule has 0 fully saturated rings. The SMILES string of the molecule is CC(=O)N/C=C\S(=O)(=O)c1ccc(C)cc1. The highest BCUT2D eigenvalue weighted by molar-refractivity contribution is 7.94. The molecule has 1 aromatic rings. The van der Waals surface area contributed by atoms with Gasteiger partial charge in [-0.1, -0.05) is 17.7 Å².